The van der Waals surface area contributed by atoms with Gasteiger partial charge in [-0.15, -0.1) is 11.3 Å². The minimum Gasteiger partial charge on any atom is -0.481 e. The maximum absolute atomic E-state index is 10.8. The summed E-state index contributed by atoms with van der Waals surface area (Å²) in [7, 11) is 0. The fourth-order valence-corrected chi connectivity index (χ4v) is 4.13. The number of carboxylic acid groups (broad SMARTS) is 1. The number of carbonyl (C=O) groups is 1. The topological polar surface area (TPSA) is 53.4 Å². The number of hydrogen-bond acceptors (Lipinski definition) is 4. The number of nitrogens with zero attached hydrogens (tertiary/aromatic N) is 2. The van der Waals surface area contributed by atoms with Gasteiger partial charge >= 0.3 is 5.97 Å². The van der Waals surface area contributed by atoms with Gasteiger partial charge in [-0.25, -0.2) is 4.98 Å². The van der Waals surface area contributed by atoms with E-state index in [1.807, 2.05) is 0 Å². The molecule has 2 rings (SSSR count). The van der Waals surface area contributed by atoms with Gasteiger partial charge in [-0.1, -0.05) is 20.8 Å². The van der Waals surface area contributed by atoms with Gasteiger partial charge in [0.25, 0.3) is 0 Å². The van der Waals surface area contributed by atoms with Gasteiger partial charge in [0.15, 0.2) is 5.13 Å². The average Bonchev–Trinajstić information content (AvgIpc) is 2.80. The quantitative estimate of drug-likeness (QED) is 0.903. The Hall–Kier alpha value is -1.10. The first-order chi connectivity index (χ1) is 9.81. The molecule has 1 aromatic rings. The van der Waals surface area contributed by atoms with Crippen molar-refractivity contribution in [2.45, 2.75) is 53.4 Å². The van der Waals surface area contributed by atoms with E-state index in [2.05, 4.69) is 32.6 Å². The second-order valence-electron chi connectivity index (χ2n) is 6.90. The van der Waals surface area contributed by atoms with Crippen LogP contribution in [0.2, 0.25) is 0 Å². The molecule has 0 amide bonds. The molecule has 0 radical (unpaired) electrons. The molecule has 1 unspecified atom stereocenters. The number of aliphatic carboxylic acids is 1. The van der Waals surface area contributed by atoms with Crippen molar-refractivity contribution in [3.05, 3.63) is 10.6 Å². The van der Waals surface area contributed by atoms with Crippen molar-refractivity contribution in [2.24, 2.45) is 11.3 Å². The number of rotatable bonds is 5. The predicted octanol–water partition coefficient (Wildman–Crippen LogP) is 3.60. The van der Waals surface area contributed by atoms with E-state index in [1.54, 1.807) is 11.3 Å². The number of aromatic nitrogens is 1. The zero-order valence-electron chi connectivity index (χ0n) is 13.5. The number of aryl methyl sites for hydroxylation is 1. The van der Waals surface area contributed by atoms with Crippen molar-refractivity contribution in [3.63, 3.8) is 0 Å². The minimum absolute atomic E-state index is 0.169. The predicted molar refractivity (Wildman–Crippen MR) is 87.2 cm³/mol. The Morgan fingerprint density at radius 1 is 1.48 bits per heavy atom. The van der Waals surface area contributed by atoms with Crippen LogP contribution in [-0.2, 0) is 17.6 Å². The summed E-state index contributed by atoms with van der Waals surface area (Å²) in [5.74, 6) is -0.0324. The number of anilines is 1. The molecule has 0 spiro atoms. The fraction of sp³-hybridized carbons (Fsp3) is 0.750. The Bertz CT molecular complexity index is 505. The molecule has 5 heteroatoms. The summed E-state index contributed by atoms with van der Waals surface area (Å²) >= 11 is 1.76. The SMILES string of the molecule is CCN(CCC(=O)O)c1nc2c(s1)CC(C(C)(C)C)CC2. The van der Waals surface area contributed by atoms with Crippen molar-refractivity contribution in [3.8, 4) is 0 Å². The van der Waals surface area contributed by atoms with E-state index < -0.39 is 5.97 Å². The summed E-state index contributed by atoms with van der Waals surface area (Å²) in [6.07, 6.45) is 3.56. The molecular formula is C16H26N2O2S. The number of fused-ring (bicyclic) bond motifs is 1. The van der Waals surface area contributed by atoms with Crippen LogP contribution in [0.1, 0.15) is 51.1 Å². The highest BCUT2D eigenvalue weighted by Gasteiger charge is 2.31. The van der Waals surface area contributed by atoms with Gasteiger partial charge in [0.1, 0.15) is 0 Å². The minimum atomic E-state index is -0.748. The van der Waals surface area contributed by atoms with Gasteiger partial charge in [-0.3, -0.25) is 4.79 Å². The zero-order chi connectivity index (χ0) is 15.6. The first-order valence-electron chi connectivity index (χ1n) is 7.76. The molecule has 118 valence electrons. The van der Waals surface area contributed by atoms with Crippen LogP contribution in [0.15, 0.2) is 0 Å². The molecule has 1 aromatic heterocycles. The van der Waals surface area contributed by atoms with Crippen molar-refractivity contribution in [1.82, 2.24) is 4.98 Å². The average molecular weight is 310 g/mol. The zero-order valence-corrected chi connectivity index (χ0v) is 14.3. The Morgan fingerprint density at radius 3 is 2.76 bits per heavy atom. The van der Waals surface area contributed by atoms with E-state index in [-0.39, 0.29) is 6.42 Å². The lowest BCUT2D eigenvalue weighted by atomic mass is 9.73. The van der Waals surface area contributed by atoms with Gasteiger partial charge in [-0.05, 0) is 37.5 Å². The maximum Gasteiger partial charge on any atom is 0.305 e. The second kappa shape index (κ2) is 6.34. The largest absolute Gasteiger partial charge is 0.481 e. The molecule has 0 fully saturated rings. The summed E-state index contributed by atoms with van der Waals surface area (Å²) in [6.45, 7) is 10.4. The van der Waals surface area contributed by atoms with Gasteiger partial charge in [-0.2, -0.15) is 0 Å². The summed E-state index contributed by atoms with van der Waals surface area (Å²) in [6, 6.07) is 0. The fourth-order valence-electron chi connectivity index (χ4n) is 2.86. The first-order valence-corrected chi connectivity index (χ1v) is 8.58. The molecular weight excluding hydrogens is 284 g/mol. The van der Waals surface area contributed by atoms with E-state index in [1.165, 1.54) is 17.0 Å². The molecule has 21 heavy (non-hydrogen) atoms. The van der Waals surface area contributed by atoms with E-state index >= 15 is 0 Å². The smallest absolute Gasteiger partial charge is 0.305 e. The monoisotopic (exact) mass is 310 g/mol. The highest BCUT2D eigenvalue weighted by molar-refractivity contribution is 7.15. The van der Waals surface area contributed by atoms with Crippen molar-refractivity contribution in [2.75, 3.05) is 18.0 Å². The lowest BCUT2D eigenvalue weighted by Gasteiger charge is -2.33. The Balaban J connectivity index is 2.11. The van der Waals surface area contributed by atoms with E-state index in [0.29, 0.717) is 17.9 Å². The second-order valence-corrected chi connectivity index (χ2v) is 7.96. The molecule has 1 atom stereocenters. The molecule has 0 aliphatic heterocycles. The summed E-state index contributed by atoms with van der Waals surface area (Å²) in [5.41, 5.74) is 1.58. The van der Waals surface area contributed by atoms with Gasteiger partial charge < -0.3 is 10.0 Å². The van der Waals surface area contributed by atoms with E-state index in [9.17, 15) is 4.79 Å². The molecule has 0 saturated heterocycles. The summed E-state index contributed by atoms with van der Waals surface area (Å²) in [5, 5.41) is 9.85. The Kier molecular flexibility index (Phi) is 4.91. The summed E-state index contributed by atoms with van der Waals surface area (Å²) < 4.78 is 0. The number of thiazole rings is 1. The Morgan fingerprint density at radius 2 is 2.19 bits per heavy atom. The van der Waals surface area contributed by atoms with Crippen LogP contribution in [0.3, 0.4) is 0 Å². The Labute approximate surface area is 131 Å². The maximum atomic E-state index is 10.8. The highest BCUT2D eigenvalue weighted by atomic mass is 32.1. The van der Waals surface area contributed by atoms with Crippen LogP contribution in [0.25, 0.3) is 0 Å². The molecule has 0 saturated carbocycles. The number of carboxylic acids is 1. The van der Waals surface area contributed by atoms with Crippen molar-refractivity contribution in [1.29, 1.82) is 0 Å². The molecule has 1 N–H and O–H groups in total. The lowest BCUT2D eigenvalue weighted by Crippen LogP contribution is -2.26. The molecule has 1 aliphatic carbocycles. The van der Waals surface area contributed by atoms with Crippen molar-refractivity contribution < 1.29 is 9.90 Å². The third-order valence-corrected chi connectivity index (χ3v) is 5.58. The van der Waals surface area contributed by atoms with Crippen LogP contribution in [-0.4, -0.2) is 29.1 Å². The van der Waals surface area contributed by atoms with E-state index in [0.717, 1.165) is 24.5 Å². The molecule has 0 bridgehead atoms. The van der Waals surface area contributed by atoms with Crippen molar-refractivity contribution >= 4 is 22.4 Å². The highest BCUT2D eigenvalue weighted by Crippen LogP contribution is 2.40. The third-order valence-electron chi connectivity index (χ3n) is 4.40. The summed E-state index contributed by atoms with van der Waals surface area (Å²) in [4.78, 5) is 19.0. The van der Waals surface area contributed by atoms with Crippen LogP contribution < -0.4 is 4.90 Å². The lowest BCUT2D eigenvalue weighted by molar-refractivity contribution is -0.136. The van der Waals surface area contributed by atoms with Gasteiger partial charge in [0, 0.05) is 18.0 Å². The van der Waals surface area contributed by atoms with Crippen LogP contribution in [0.5, 0.6) is 0 Å². The normalized spacial score (nSPS) is 18.4. The number of hydrogen-bond donors (Lipinski definition) is 1. The van der Waals surface area contributed by atoms with Gasteiger partial charge in [0.05, 0.1) is 12.1 Å². The van der Waals surface area contributed by atoms with Crippen LogP contribution >= 0.6 is 11.3 Å². The van der Waals surface area contributed by atoms with Crippen LogP contribution in [0, 0.1) is 11.3 Å². The first kappa shape index (κ1) is 16.3. The molecule has 0 aromatic carbocycles. The molecule has 1 aliphatic rings. The van der Waals surface area contributed by atoms with E-state index in [4.69, 9.17) is 10.1 Å². The standard InChI is InChI=1S/C16H26N2O2S/c1-5-18(9-8-14(19)20)15-17-12-7-6-11(16(2,3)4)10-13(12)21-15/h11H,5-10H2,1-4H3,(H,19,20). The van der Waals surface area contributed by atoms with Crippen LogP contribution in [0.4, 0.5) is 5.13 Å². The molecule has 4 nitrogen and oxygen atoms in total. The van der Waals surface area contributed by atoms with Gasteiger partial charge in [0.2, 0.25) is 0 Å². The molecule has 1 heterocycles. The third kappa shape index (κ3) is 3.96.